The first-order chi connectivity index (χ1) is 10.3. The van der Waals surface area contributed by atoms with Crippen molar-refractivity contribution in [1.82, 2.24) is 9.97 Å². The van der Waals surface area contributed by atoms with E-state index >= 15 is 0 Å². The first-order valence-corrected chi connectivity index (χ1v) is 7.13. The van der Waals surface area contributed by atoms with Crippen molar-refractivity contribution in [2.24, 2.45) is 0 Å². The van der Waals surface area contributed by atoms with E-state index in [9.17, 15) is 0 Å². The van der Waals surface area contributed by atoms with Gasteiger partial charge in [-0.25, -0.2) is 9.97 Å². The third-order valence-electron chi connectivity index (χ3n) is 3.51. The van der Waals surface area contributed by atoms with Crippen molar-refractivity contribution in [3.8, 4) is 6.07 Å². The molecule has 0 unspecified atom stereocenters. The normalized spacial score (nSPS) is 14.9. The topological polar surface area (TPSA) is 56.1 Å². The third kappa shape index (κ3) is 2.91. The van der Waals surface area contributed by atoms with Crippen LogP contribution in [-0.2, 0) is 0 Å². The molecular formula is C15H14ClN5. The summed E-state index contributed by atoms with van der Waals surface area (Å²) in [6, 6.07) is 11.5. The number of rotatable bonds is 2. The van der Waals surface area contributed by atoms with Gasteiger partial charge in [-0.3, -0.25) is 0 Å². The summed E-state index contributed by atoms with van der Waals surface area (Å²) in [5, 5.41) is 9.67. The molecule has 0 spiro atoms. The number of halogens is 1. The molecule has 0 saturated carbocycles. The minimum Gasteiger partial charge on any atom is -0.367 e. The standard InChI is InChI=1S/C15H14ClN5/c16-13-3-1-2-4-14(13)20-7-9-21(10-8-20)15-18-6-5-12(11-17)19-15/h1-6H,7-10H2. The number of anilines is 2. The van der Waals surface area contributed by atoms with Crippen molar-refractivity contribution in [3.63, 3.8) is 0 Å². The van der Waals surface area contributed by atoms with E-state index in [1.54, 1.807) is 12.3 Å². The lowest BCUT2D eigenvalue weighted by atomic mass is 10.2. The maximum absolute atomic E-state index is 8.90. The second-order valence-corrected chi connectivity index (χ2v) is 5.19. The van der Waals surface area contributed by atoms with Crippen LogP contribution < -0.4 is 9.80 Å². The predicted molar refractivity (Wildman–Crippen MR) is 82.6 cm³/mol. The molecule has 0 bridgehead atoms. The zero-order valence-electron chi connectivity index (χ0n) is 11.4. The molecule has 2 heterocycles. The fourth-order valence-electron chi connectivity index (χ4n) is 2.42. The van der Waals surface area contributed by atoms with Gasteiger partial charge in [-0.15, -0.1) is 0 Å². The number of aromatic nitrogens is 2. The fraction of sp³-hybridized carbons (Fsp3) is 0.267. The summed E-state index contributed by atoms with van der Waals surface area (Å²) in [4.78, 5) is 12.8. The molecule has 0 aliphatic carbocycles. The number of hydrogen-bond donors (Lipinski definition) is 0. The Morgan fingerprint density at radius 3 is 2.48 bits per heavy atom. The van der Waals surface area contributed by atoms with Crippen LogP contribution in [0.2, 0.25) is 5.02 Å². The molecule has 21 heavy (non-hydrogen) atoms. The van der Waals surface area contributed by atoms with Gasteiger partial charge in [0.2, 0.25) is 5.95 Å². The fourth-order valence-corrected chi connectivity index (χ4v) is 2.67. The SMILES string of the molecule is N#Cc1ccnc(N2CCN(c3ccccc3Cl)CC2)n1. The maximum Gasteiger partial charge on any atom is 0.226 e. The van der Waals surface area contributed by atoms with Gasteiger partial charge in [-0.1, -0.05) is 23.7 Å². The number of nitriles is 1. The summed E-state index contributed by atoms with van der Waals surface area (Å²) in [6.07, 6.45) is 1.63. The van der Waals surface area contributed by atoms with Gasteiger partial charge in [0.1, 0.15) is 11.8 Å². The van der Waals surface area contributed by atoms with Gasteiger partial charge in [0.15, 0.2) is 0 Å². The minimum atomic E-state index is 0.397. The molecule has 3 rings (SSSR count). The van der Waals surface area contributed by atoms with Crippen LogP contribution in [0.15, 0.2) is 36.5 Å². The summed E-state index contributed by atoms with van der Waals surface area (Å²) in [5.41, 5.74) is 1.46. The van der Waals surface area contributed by atoms with Gasteiger partial charge in [-0.2, -0.15) is 5.26 Å². The lowest BCUT2D eigenvalue weighted by molar-refractivity contribution is 0.639. The first kappa shape index (κ1) is 13.7. The minimum absolute atomic E-state index is 0.397. The van der Waals surface area contributed by atoms with Crippen LogP contribution in [-0.4, -0.2) is 36.1 Å². The molecule has 5 nitrogen and oxygen atoms in total. The highest BCUT2D eigenvalue weighted by molar-refractivity contribution is 6.33. The van der Waals surface area contributed by atoms with Gasteiger partial charge in [-0.05, 0) is 18.2 Å². The van der Waals surface area contributed by atoms with Gasteiger partial charge in [0, 0.05) is 32.4 Å². The van der Waals surface area contributed by atoms with Crippen LogP contribution in [0.3, 0.4) is 0 Å². The molecule has 1 fully saturated rings. The van der Waals surface area contributed by atoms with E-state index in [0.717, 1.165) is 36.9 Å². The van der Waals surface area contributed by atoms with Gasteiger partial charge < -0.3 is 9.80 Å². The number of hydrogen-bond acceptors (Lipinski definition) is 5. The smallest absolute Gasteiger partial charge is 0.226 e. The van der Waals surface area contributed by atoms with E-state index in [2.05, 4.69) is 19.8 Å². The summed E-state index contributed by atoms with van der Waals surface area (Å²) in [5.74, 6) is 0.618. The number of piperazine rings is 1. The Kier molecular flexibility index (Phi) is 3.89. The average molecular weight is 300 g/mol. The maximum atomic E-state index is 8.90. The average Bonchev–Trinajstić information content (AvgIpc) is 2.56. The molecule has 1 aromatic heterocycles. The lowest BCUT2D eigenvalue weighted by Gasteiger charge is -2.36. The molecule has 0 N–H and O–H groups in total. The van der Waals surface area contributed by atoms with Crippen molar-refractivity contribution in [2.45, 2.75) is 0 Å². The van der Waals surface area contributed by atoms with Crippen LogP contribution in [0.1, 0.15) is 5.69 Å². The largest absolute Gasteiger partial charge is 0.367 e. The Morgan fingerprint density at radius 2 is 1.76 bits per heavy atom. The summed E-state index contributed by atoms with van der Waals surface area (Å²) < 4.78 is 0. The van der Waals surface area contributed by atoms with Crippen LogP contribution >= 0.6 is 11.6 Å². The summed E-state index contributed by atoms with van der Waals surface area (Å²) in [6.45, 7) is 3.31. The van der Waals surface area contributed by atoms with E-state index in [4.69, 9.17) is 16.9 Å². The zero-order chi connectivity index (χ0) is 14.7. The molecule has 0 atom stereocenters. The molecule has 1 aliphatic heterocycles. The van der Waals surface area contributed by atoms with Crippen molar-refractivity contribution < 1.29 is 0 Å². The van der Waals surface area contributed by atoms with E-state index in [1.807, 2.05) is 30.3 Å². The lowest BCUT2D eigenvalue weighted by Crippen LogP contribution is -2.47. The van der Waals surface area contributed by atoms with Crippen LogP contribution in [0.25, 0.3) is 0 Å². The molecule has 1 aliphatic rings. The van der Waals surface area contributed by atoms with Gasteiger partial charge in [0.25, 0.3) is 0 Å². The second-order valence-electron chi connectivity index (χ2n) is 4.78. The Balaban J connectivity index is 1.71. The van der Waals surface area contributed by atoms with Gasteiger partial charge in [0.05, 0.1) is 10.7 Å². The van der Waals surface area contributed by atoms with Crippen molar-refractivity contribution in [1.29, 1.82) is 5.26 Å². The molecule has 2 aromatic rings. The van der Waals surface area contributed by atoms with Crippen molar-refractivity contribution in [3.05, 3.63) is 47.2 Å². The van der Waals surface area contributed by atoms with E-state index in [-0.39, 0.29) is 0 Å². The Labute approximate surface area is 128 Å². The predicted octanol–water partition coefficient (Wildman–Crippen LogP) is 2.33. The highest BCUT2D eigenvalue weighted by Crippen LogP contribution is 2.26. The molecule has 1 aromatic carbocycles. The van der Waals surface area contributed by atoms with Crippen molar-refractivity contribution >= 4 is 23.2 Å². The van der Waals surface area contributed by atoms with Crippen LogP contribution in [0.4, 0.5) is 11.6 Å². The highest BCUT2D eigenvalue weighted by Gasteiger charge is 2.20. The molecule has 0 amide bonds. The van der Waals surface area contributed by atoms with E-state index in [1.165, 1.54) is 0 Å². The van der Waals surface area contributed by atoms with E-state index < -0.39 is 0 Å². The Hall–Kier alpha value is -2.32. The summed E-state index contributed by atoms with van der Waals surface area (Å²) >= 11 is 6.23. The molecular weight excluding hydrogens is 286 g/mol. The number of nitrogens with zero attached hydrogens (tertiary/aromatic N) is 5. The third-order valence-corrected chi connectivity index (χ3v) is 3.83. The zero-order valence-corrected chi connectivity index (χ0v) is 12.2. The molecule has 6 heteroatoms. The summed E-state index contributed by atoms with van der Waals surface area (Å²) in [7, 11) is 0. The monoisotopic (exact) mass is 299 g/mol. The van der Waals surface area contributed by atoms with E-state index in [0.29, 0.717) is 11.6 Å². The first-order valence-electron chi connectivity index (χ1n) is 6.75. The quantitative estimate of drug-likeness (QED) is 0.852. The number of benzene rings is 1. The van der Waals surface area contributed by atoms with Crippen LogP contribution in [0, 0.1) is 11.3 Å². The van der Waals surface area contributed by atoms with Gasteiger partial charge >= 0.3 is 0 Å². The Bertz CT molecular complexity index is 674. The molecule has 0 radical (unpaired) electrons. The molecule has 1 saturated heterocycles. The Morgan fingerprint density at radius 1 is 1.05 bits per heavy atom. The van der Waals surface area contributed by atoms with Crippen molar-refractivity contribution in [2.75, 3.05) is 36.0 Å². The second kappa shape index (κ2) is 5.98. The molecule has 106 valence electrons. The van der Waals surface area contributed by atoms with Crippen LogP contribution in [0.5, 0.6) is 0 Å². The number of para-hydroxylation sites is 1. The highest BCUT2D eigenvalue weighted by atomic mass is 35.5.